The molecule has 1 aromatic heterocycles. The van der Waals surface area contributed by atoms with Gasteiger partial charge in [0.05, 0.1) is 34.9 Å². The minimum atomic E-state index is -3.64. The lowest BCUT2D eigenvalue weighted by Crippen LogP contribution is -2.35. The molecule has 0 unspecified atom stereocenters. The van der Waals surface area contributed by atoms with Crippen molar-refractivity contribution in [1.29, 1.82) is 0 Å². The van der Waals surface area contributed by atoms with E-state index in [0.717, 1.165) is 31.0 Å². The van der Waals surface area contributed by atoms with Crippen molar-refractivity contribution in [3.63, 3.8) is 0 Å². The number of rotatable bonds is 6. The summed E-state index contributed by atoms with van der Waals surface area (Å²) in [7, 11) is -2.13. The van der Waals surface area contributed by atoms with E-state index >= 15 is 0 Å². The first-order valence-electron chi connectivity index (χ1n) is 10.7. The summed E-state index contributed by atoms with van der Waals surface area (Å²) >= 11 is 0. The van der Waals surface area contributed by atoms with Crippen LogP contribution in [0.5, 0.6) is 5.75 Å². The SMILES string of the molecule is COc1ccc(C)cc1NC(=O)Cn1c(=O)cnc2cc(S(=O)(=O)N3CCCCC3)ccc21. The molecule has 2 heterocycles. The fraction of sp³-hybridized carbons (Fsp3) is 0.348. The fourth-order valence-electron chi connectivity index (χ4n) is 3.98. The second-order valence-electron chi connectivity index (χ2n) is 8.05. The number of methoxy groups -OCH3 is 1. The van der Waals surface area contributed by atoms with Gasteiger partial charge in [0.15, 0.2) is 0 Å². The quantitative estimate of drug-likeness (QED) is 0.593. The van der Waals surface area contributed by atoms with Gasteiger partial charge >= 0.3 is 0 Å². The largest absolute Gasteiger partial charge is 0.495 e. The van der Waals surface area contributed by atoms with Gasteiger partial charge in [-0.05, 0) is 55.7 Å². The normalized spacial score (nSPS) is 14.8. The highest BCUT2D eigenvalue weighted by molar-refractivity contribution is 7.89. The van der Waals surface area contributed by atoms with Gasteiger partial charge < -0.3 is 10.1 Å². The Labute approximate surface area is 192 Å². The molecule has 4 rings (SSSR count). The van der Waals surface area contributed by atoms with Gasteiger partial charge in [-0.25, -0.2) is 13.4 Å². The van der Waals surface area contributed by atoms with Crippen LogP contribution in [-0.2, 0) is 21.4 Å². The molecule has 0 aliphatic carbocycles. The number of sulfonamides is 1. The molecule has 1 amide bonds. The summed E-state index contributed by atoms with van der Waals surface area (Å²) in [6, 6.07) is 9.85. The number of hydrogen-bond donors (Lipinski definition) is 1. The summed E-state index contributed by atoms with van der Waals surface area (Å²) < 4.78 is 34.1. The molecule has 0 bridgehead atoms. The molecule has 3 aromatic rings. The fourth-order valence-corrected chi connectivity index (χ4v) is 5.52. The molecule has 174 valence electrons. The maximum atomic E-state index is 13.0. The van der Waals surface area contributed by atoms with Crippen LogP contribution in [0.25, 0.3) is 11.0 Å². The van der Waals surface area contributed by atoms with Gasteiger partial charge in [-0.3, -0.25) is 14.2 Å². The molecular formula is C23H26N4O5S. The van der Waals surface area contributed by atoms with E-state index in [4.69, 9.17) is 4.74 Å². The number of anilines is 1. The van der Waals surface area contributed by atoms with Crippen LogP contribution in [0, 0.1) is 6.92 Å². The molecule has 9 nitrogen and oxygen atoms in total. The number of aromatic nitrogens is 2. The number of nitrogens with zero attached hydrogens (tertiary/aromatic N) is 3. The summed E-state index contributed by atoms with van der Waals surface area (Å²) in [5.41, 5.74) is 1.70. The van der Waals surface area contributed by atoms with Crippen LogP contribution in [0.1, 0.15) is 24.8 Å². The Hall–Kier alpha value is -3.24. The number of amides is 1. The van der Waals surface area contributed by atoms with Gasteiger partial charge in [0.2, 0.25) is 15.9 Å². The Kier molecular flexibility index (Phi) is 6.48. The Morgan fingerprint density at radius 1 is 1.12 bits per heavy atom. The molecule has 0 radical (unpaired) electrons. The van der Waals surface area contributed by atoms with Crippen LogP contribution in [-0.4, -0.2) is 48.4 Å². The van der Waals surface area contributed by atoms with Gasteiger partial charge in [0.1, 0.15) is 12.3 Å². The molecule has 1 aliphatic rings. The topological polar surface area (TPSA) is 111 Å². The minimum absolute atomic E-state index is 0.128. The Bertz CT molecular complexity index is 1360. The maximum Gasteiger partial charge on any atom is 0.269 e. The molecule has 0 spiro atoms. The third kappa shape index (κ3) is 4.76. The van der Waals surface area contributed by atoms with Crippen LogP contribution in [0.2, 0.25) is 0 Å². The van der Waals surface area contributed by atoms with Crippen LogP contribution in [0.4, 0.5) is 5.69 Å². The van der Waals surface area contributed by atoms with E-state index in [1.165, 1.54) is 34.2 Å². The van der Waals surface area contributed by atoms with Gasteiger partial charge in [-0.2, -0.15) is 4.31 Å². The molecule has 1 saturated heterocycles. The summed E-state index contributed by atoms with van der Waals surface area (Å²) in [5, 5.41) is 2.77. The van der Waals surface area contributed by atoms with E-state index in [9.17, 15) is 18.0 Å². The zero-order chi connectivity index (χ0) is 23.6. The van der Waals surface area contributed by atoms with Crippen LogP contribution in [0.3, 0.4) is 0 Å². The number of carbonyl (C=O) groups excluding carboxylic acids is 1. The zero-order valence-electron chi connectivity index (χ0n) is 18.6. The van der Waals surface area contributed by atoms with Crippen LogP contribution < -0.4 is 15.6 Å². The predicted octanol–water partition coefficient (Wildman–Crippen LogP) is 2.53. The number of benzene rings is 2. The number of piperidine rings is 1. The summed E-state index contributed by atoms with van der Waals surface area (Å²) in [6.45, 7) is 2.63. The molecule has 0 saturated carbocycles. The van der Waals surface area contributed by atoms with E-state index in [2.05, 4.69) is 10.3 Å². The van der Waals surface area contributed by atoms with E-state index in [-0.39, 0.29) is 11.4 Å². The van der Waals surface area contributed by atoms with Crippen molar-refractivity contribution in [2.45, 2.75) is 37.6 Å². The molecule has 1 aliphatic heterocycles. The average molecular weight is 471 g/mol. The lowest BCUT2D eigenvalue weighted by atomic mass is 10.2. The lowest BCUT2D eigenvalue weighted by molar-refractivity contribution is -0.116. The highest BCUT2D eigenvalue weighted by Gasteiger charge is 2.26. The monoisotopic (exact) mass is 470 g/mol. The second-order valence-corrected chi connectivity index (χ2v) is 9.99. The number of hydrogen-bond acceptors (Lipinski definition) is 6. The van der Waals surface area contributed by atoms with E-state index in [1.807, 2.05) is 13.0 Å². The minimum Gasteiger partial charge on any atom is -0.495 e. The van der Waals surface area contributed by atoms with Gasteiger partial charge in [0.25, 0.3) is 5.56 Å². The number of fused-ring (bicyclic) bond motifs is 1. The third-order valence-corrected chi connectivity index (χ3v) is 7.60. The van der Waals surface area contributed by atoms with Crippen molar-refractivity contribution in [3.05, 3.63) is 58.5 Å². The molecule has 2 aromatic carbocycles. The van der Waals surface area contributed by atoms with E-state index in [1.54, 1.807) is 12.1 Å². The van der Waals surface area contributed by atoms with Crippen molar-refractivity contribution in [1.82, 2.24) is 13.9 Å². The summed E-state index contributed by atoms with van der Waals surface area (Å²) in [6.07, 6.45) is 3.80. The summed E-state index contributed by atoms with van der Waals surface area (Å²) in [5.74, 6) is 0.0898. The molecule has 33 heavy (non-hydrogen) atoms. The second kappa shape index (κ2) is 9.32. The molecule has 0 atom stereocenters. The number of ether oxygens (including phenoxy) is 1. The first-order chi connectivity index (χ1) is 15.8. The Balaban J connectivity index is 1.63. The number of nitrogens with one attached hydrogen (secondary N) is 1. The lowest BCUT2D eigenvalue weighted by Gasteiger charge is -2.26. The van der Waals surface area contributed by atoms with Crippen molar-refractivity contribution in [2.24, 2.45) is 0 Å². The van der Waals surface area contributed by atoms with Gasteiger partial charge in [0, 0.05) is 13.1 Å². The number of carbonyl (C=O) groups is 1. The zero-order valence-corrected chi connectivity index (χ0v) is 19.4. The molecule has 1 N–H and O–H groups in total. The molecule has 1 fully saturated rings. The smallest absolute Gasteiger partial charge is 0.269 e. The van der Waals surface area contributed by atoms with Gasteiger partial charge in [-0.15, -0.1) is 0 Å². The van der Waals surface area contributed by atoms with E-state index in [0.29, 0.717) is 35.6 Å². The van der Waals surface area contributed by atoms with Crippen molar-refractivity contribution in [2.75, 3.05) is 25.5 Å². The first kappa shape index (κ1) is 22.9. The highest BCUT2D eigenvalue weighted by atomic mass is 32.2. The van der Waals surface area contributed by atoms with Crippen molar-refractivity contribution in [3.8, 4) is 5.75 Å². The standard InChI is InChI=1S/C23H26N4O5S/c1-16-6-9-21(32-2)19(12-16)25-22(28)15-27-20-8-7-17(13-18(20)24-14-23(27)29)33(30,31)26-10-4-3-5-11-26/h6-9,12-14H,3-5,10-11,15H2,1-2H3,(H,25,28). The van der Waals surface area contributed by atoms with Gasteiger partial charge in [-0.1, -0.05) is 12.5 Å². The Morgan fingerprint density at radius 2 is 1.88 bits per heavy atom. The average Bonchev–Trinajstić information content (AvgIpc) is 2.81. The van der Waals surface area contributed by atoms with E-state index < -0.39 is 21.5 Å². The van der Waals surface area contributed by atoms with Crippen molar-refractivity contribution >= 4 is 32.7 Å². The first-order valence-corrected chi connectivity index (χ1v) is 12.2. The summed E-state index contributed by atoms with van der Waals surface area (Å²) in [4.78, 5) is 29.5. The Morgan fingerprint density at radius 3 is 2.61 bits per heavy atom. The molecular weight excluding hydrogens is 444 g/mol. The predicted molar refractivity (Wildman–Crippen MR) is 125 cm³/mol. The van der Waals surface area contributed by atoms with Crippen LogP contribution >= 0.6 is 0 Å². The van der Waals surface area contributed by atoms with Crippen LogP contribution in [0.15, 0.2) is 52.3 Å². The number of aryl methyl sites for hydroxylation is 1. The van der Waals surface area contributed by atoms with Crippen molar-refractivity contribution < 1.29 is 17.9 Å². The highest BCUT2D eigenvalue weighted by Crippen LogP contribution is 2.26. The molecule has 10 heteroatoms. The third-order valence-electron chi connectivity index (χ3n) is 5.70. The maximum absolute atomic E-state index is 13.0.